The van der Waals surface area contributed by atoms with Crippen LogP contribution in [0.15, 0.2) is 47.6 Å². The molecular weight excluding hydrogens is 320 g/mol. The molecule has 0 fully saturated rings. The van der Waals surface area contributed by atoms with Gasteiger partial charge in [0.05, 0.1) is 0 Å². The molecule has 0 saturated carbocycles. The third kappa shape index (κ3) is 5.85. The van der Waals surface area contributed by atoms with E-state index >= 15 is 0 Å². The number of hydrogen-bond donors (Lipinski definition) is 1. The van der Waals surface area contributed by atoms with Crippen LogP contribution in [0.1, 0.15) is 23.7 Å². The highest BCUT2D eigenvalue weighted by molar-refractivity contribution is 6.30. The van der Waals surface area contributed by atoms with Gasteiger partial charge in [0.25, 0.3) is 0 Å². The Morgan fingerprint density at radius 3 is 2.50 bits per heavy atom. The van der Waals surface area contributed by atoms with Gasteiger partial charge in [-0.25, -0.2) is 0 Å². The Bertz CT molecular complexity index is 650. The van der Waals surface area contributed by atoms with Gasteiger partial charge in [0.2, 0.25) is 0 Å². The number of benzene rings is 1. The number of guanidine groups is 1. The van der Waals surface area contributed by atoms with Gasteiger partial charge < -0.3 is 10.2 Å². The van der Waals surface area contributed by atoms with E-state index in [9.17, 15) is 0 Å². The quantitative estimate of drug-likeness (QED) is 0.642. The molecule has 2 aromatic rings. The number of nitrogens with one attached hydrogen (secondary N) is 1. The van der Waals surface area contributed by atoms with Gasteiger partial charge in [-0.05, 0) is 49.6 Å². The van der Waals surface area contributed by atoms with E-state index in [2.05, 4.69) is 28.2 Å². The number of rotatable bonds is 6. The van der Waals surface area contributed by atoms with Gasteiger partial charge in [-0.1, -0.05) is 29.8 Å². The predicted octanol–water partition coefficient (Wildman–Crippen LogP) is 3.68. The highest BCUT2D eigenvalue weighted by Gasteiger charge is 2.06. The molecule has 0 atom stereocenters. The summed E-state index contributed by atoms with van der Waals surface area (Å²) in [7, 11) is 2.05. The molecule has 1 N–H and O–H groups in total. The SMILES string of the molecule is CCNC(=NCCc1ccc(C)nc1)N(C)Cc1ccc(Cl)cc1. The summed E-state index contributed by atoms with van der Waals surface area (Å²) in [6, 6.07) is 12.1. The minimum absolute atomic E-state index is 0.734. The molecule has 128 valence electrons. The summed E-state index contributed by atoms with van der Waals surface area (Å²) in [6.45, 7) is 6.44. The molecule has 24 heavy (non-hydrogen) atoms. The van der Waals surface area contributed by atoms with Crippen LogP contribution < -0.4 is 5.32 Å². The molecule has 2 rings (SSSR count). The summed E-state index contributed by atoms with van der Waals surface area (Å²) >= 11 is 5.94. The lowest BCUT2D eigenvalue weighted by molar-refractivity contribution is 0.477. The highest BCUT2D eigenvalue weighted by atomic mass is 35.5. The molecule has 0 spiro atoms. The van der Waals surface area contributed by atoms with E-state index in [1.54, 1.807) is 0 Å². The van der Waals surface area contributed by atoms with Crippen molar-refractivity contribution in [3.05, 3.63) is 64.4 Å². The maximum atomic E-state index is 5.94. The fourth-order valence-corrected chi connectivity index (χ4v) is 2.47. The van der Waals surface area contributed by atoms with Crippen LogP contribution in [-0.4, -0.2) is 36.0 Å². The summed E-state index contributed by atoms with van der Waals surface area (Å²) in [5.74, 6) is 0.910. The van der Waals surface area contributed by atoms with Gasteiger partial charge in [-0.3, -0.25) is 9.98 Å². The molecule has 0 unspecified atom stereocenters. The molecule has 0 bridgehead atoms. The van der Waals surface area contributed by atoms with Crippen LogP contribution >= 0.6 is 11.6 Å². The van der Waals surface area contributed by atoms with Gasteiger partial charge in [0, 0.05) is 43.6 Å². The second-order valence-corrected chi connectivity index (χ2v) is 6.21. The second kappa shape index (κ2) is 9.28. The van der Waals surface area contributed by atoms with Gasteiger partial charge in [-0.2, -0.15) is 0 Å². The lowest BCUT2D eigenvalue weighted by Crippen LogP contribution is -2.38. The molecule has 1 aromatic carbocycles. The topological polar surface area (TPSA) is 40.5 Å². The molecular formula is C19H25ClN4. The zero-order chi connectivity index (χ0) is 17.4. The summed E-state index contributed by atoms with van der Waals surface area (Å²) in [6.07, 6.45) is 2.81. The van der Waals surface area contributed by atoms with Crippen LogP contribution in [0.3, 0.4) is 0 Å². The van der Waals surface area contributed by atoms with Gasteiger partial charge >= 0.3 is 0 Å². The Kier molecular flexibility index (Phi) is 7.07. The zero-order valence-corrected chi connectivity index (χ0v) is 15.3. The third-order valence-electron chi connectivity index (χ3n) is 3.66. The van der Waals surface area contributed by atoms with E-state index < -0.39 is 0 Å². The van der Waals surface area contributed by atoms with E-state index in [0.717, 1.165) is 42.7 Å². The Balaban J connectivity index is 1.95. The van der Waals surface area contributed by atoms with Crippen molar-refractivity contribution in [3.63, 3.8) is 0 Å². The summed E-state index contributed by atoms with van der Waals surface area (Å²) in [5.41, 5.74) is 3.45. The maximum absolute atomic E-state index is 5.94. The monoisotopic (exact) mass is 344 g/mol. The number of aromatic nitrogens is 1. The summed E-state index contributed by atoms with van der Waals surface area (Å²) < 4.78 is 0. The molecule has 0 amide bonds. The lowest BCUT2D eigenvalue weighted by Gasteiger charge is -2.22. The predicted molar refractivity (Wildman–Crippen MR) is 102 cm³/mol. The maximum Gasteiger partial charge on any atom is 0.193 e. The standard InChI is InChI=1S/C19H25ClN4/c1-4-21-19(22-12-11-16-6-5-15(2)23-13-16)24(3)14-17-7-9-18(20)10-8-17/h5-10,13H,4,11-12,14H2,1-3H3,(H,21,22). The van der Waals surface area contributed by atoms with Gasteiger partial charge in [0.15, 0.2) is 5.96 Å². The molecule has 0 aliphatic heterocycles. The molecule has 0 aliphatic carbocycles. The van der Waals surface area contributed by atoms with Crippen LogP contribution in [0, 0.1) is 6.92 Å². The number of nitrogens with zero attached hydrogens (tertiary/aromatic N) is 3. The van der Waals surface area contributed by atoms with Crippen LogP contribution in [0.4, 0.5) is 0 Å². The number of hydrogen-bond acceptors (Lipinski definition) is 2. The van der Waals surface area contributed by atoms with Crippen LogP contribution in [0.25, 0.3) is 0 Å². The van der Waals surface area contributed by atoms with Crippen molar-refractivity contribution in [2.45, 2.75) is 26.8 Å². The van der Waals surface area contributed by atoms with E-state index in [-0.39, 0.29) is 0 Å². The van der Waals surface area contributed by atoms with Crippen molar-refractivity contribution in [1.29, 1.82) is 0 Å². The van der Waals surface area contributed by atoms with Gasteiger partial charge in [0.1, 0.15) is 0 Å². The Morgan fingerprint density at radius 2 is 1.88 bits per heavy atom. The first-order valence-corrected chi connectivity index (χ1v) is 8.61. The van der Waals surface area contributed by atoms with Crippen molar-refractivity contribution in [2.24, 2.45) is 4.99 Å². The first-order chi connectivity index (χ1) is 11.6. The average molecular weight is 345 g/mol. The van der Waals surface area contributed by atoms with E-state index in [1.807, 2.05) is 50.5 Å². The smallest absolute Gasteiger partial charge is 0.193 e. The normalized spacial score (nSPS) is 11.4. The van der Waals surface area contributed by atoms with Crippen LogP contribution in [-0.2, 0) is 13.0 Å². The van der Waals surface area contributed by atoms with Crippen molar-refractivity contribution < 1.29 is 0 Å². The molecule has 4 nitrogen and oxygen atoms in total. The fraction of sp³-hybridized carbons (Fsp3) is 0.368. The Hall–Kier alpha value is -2.07. The highest BCUT2D eigenvalue weighted by Crippen LogP contribution is 2.11. The van der Waals surface area contributed by atoms with Crippen molar-refractivity contribution in [2.75, 3.05) is 20.1 Å². The lowest BCUT2D eigenvalue weighted by atomic mass is 10.2. The molecule has 0 radical (unpaired) electrons. The fourth-order valence-electron chi connectivity index (χ4n) is 2.35. The summed E-state index contributed by atoms with van der Waals surface area (Å²) in [5, 5.41) is 4.10. The van der Waals surface area contributed by atoms with E-state index in [4.69, 9.17) is 16.6 Å². The van der Waals surface area contributed by atoms with Crippen LogP contribution in [0.2, 0.25) is 5.02 Å². The third-order valence-corrected chi connectivity index (χ3v) is 3.92. The molecule has 5 heteroatoms. The Morgan fingerprint density at radius 1 is 1.17 bits per heavy atom. The molecule has 1 heterocycles. The number of halogens is 1. The molecule has 0 aliphatic rings. The van der Waals surface area contributed by atoms with Crippen molar-refractivity contribution >= 4 is 17.6 Å². The van der Waals surface area contributed by atoms with Crippen LogP contribution in [0.5, 0.6) is 0 Å². The van der Waals surface area contributed by atoms with Gasteiger partial charge in [-0.15, -0.1) is 0 Å². The Labute approximate surface area is 149 Å². The zero-order valence-electron chi connectivity index (χ0n) is 14.6. The molecule has 0 saturated heterocycles. The second-order valence-electron chi connectivity index (χ2n) is 5.78. The van der Waals surface area contributed by atoms with Crippen molar-refractivity contribution in [1.82, 2.24) is 15.2 Å². The number of pyridine rings is 1. The van der Waals surface area contributed by atoms with E-state index in [0.29, 0.717) is 0 Å². The number of aliphatic imine (C=N–C) groups is 1. The first kappa shape index (κ1) is 18.3. The average Bonchev–Trinajstić information content (AvgIpc) is 2.58. The largest absolute Gasteiger partial charge is 0.357 e. The minimum Gasteiger partial charge on any atom is -0.357 e. The van der Waals surface area contributed by atoms with Crippen molar-refractivity contribution in [3.8, 4) is 0 Å². The first-order valence-electron chi connectivity index (χ1n) is 8.24. The number of aryl methyl sites for hydroxylation is 1. The molecule has 1 aromatic heterocycles. The summed E-state index contributed by atoms with van der Waals surface area (Å²) in [4.78, 5) is 11.2. The minimum atomic E-state index is 0.734. The van der Waals surface area contributed by atoms with E-state index in [1.165, 1.54) is 11.1 Å².